The van der Waals surface area contributed by atoms with Crippen LogP contribution in [0.1, 0.15) is 57.8 Å². The molecule has 0 spiro atoms. The third-order valence-electron chi connectivity index (χ3n) is 4.76. The van der Waals surface area contributed by atoms with E-state index < -0.39 is 0 Å². The fourth-order valence-electron chi connectivity index (χ4n) is 3.57. The van der Waals surface area contributed by atoms with E-state index in [1.54, 1.807) is 0 Å². The summed E-state index contributed by atoms with van der Waals surface area (Å²) in [6, 6.07) is 0.647. The Hall–Kier alpha value is -0.610. The first-order valence-corrected chi connectivity index (χ1v) is 7.89. The van der Waals surface area contributed by atoms with Crippen molar-refractivity contribution < 1.29 is 9.90 Å². The first kappa shape index (κ1) is 14.8. The van der Waals surface area contributed by atoms with E-state index >= 15 is 0 Å². The molecule has 2 aliphatic carbocycles. The summed E-state index contributed by atoms with van der Waals surface area (Å²) >= 11 is 0. The van der Waals surface area contributed by atoms with Crippen LogP contribution in [0.3, 0.4) is 0 Å². The van der Waals surface area contributed by atoms with Crippen molar-refractivity contribution in [3.05, 3.63) is 0 Å². The van der Waals surface area contributed by atoms with Gasteiger partial charge in [-0.2, -0.15) is 0 Å². The minimum Gasteiger partial charge on any atom is -0.395 e. The van der Waals surface area contributed by atoms with Crippen LogP contribution in [0.5, 0.6) is 0 Å². The lowest BCUT2D eigenvalue weighted by Crippen LogP contribution is -2.47. The molecule has 0 heterocycles. The topological polar surface area (TPSA) is 66.6 Å². The van der Waals surface area contributed by atoms with Crippen LogP contribution in [-0.2, 0) is 4.79 Å². The molecule has 0 saturated heterocycles. The van der Waals surface area contributed by atoms with E-state index in [-0.39, 0.29) is 24.5 Å². The molecule has 0 aromatic carbocycles. The Morgan fingerprint density at radius 3 is 2.26 bits per heavy atom. The molecule has 3 N–H and O–H groups in total. The molecule has 110 valence electrons. The summed E-state index contributed by atoms with van der Waals surface area (Å²) < 4.78 is 0. The van der Waals surface area contributed by atoms with Crippen molar-refractivity contribution >= 4 is 5.91 Å². The summed E-state index contributed by atoms with van der Waals surface area (Å²) in [6.45, 7) is 0.584. The number of aliphatic hydroxyl groups excluding tert-OH is 1. The van der Waals surface area contributed by atoms with E-state index in [4.69, 9.17) is 5.73 Å². The van der Waals surface area contributed by atoms with E-state index in [0.29, 0.717) is 12.6 Å². The maximum atomic E-state index is 12.7. The molecule has 0 aromatic heterocycles. The Morgan fingerprint density at radius 1 is 1.05 bits per heavy atom. The summed E-state index contributed by atoms with van der Waals surface area (Å²) in [5, 5.41) is 9.24. The van der Waals surface area contributed by atoms with Gasteiger partial charge < -0.3 is 15.7 Å². The monoisotopic (exact) mass is 268 g/mol. The number of carbonyl (C=O) groups is 1. The van der Waals surface area contributed by atoms with Gasteiger partial charge in [0.15, 0.2) is 0 Å². The van der Waals surface area contributed by atoms with E-state index in [2.05, 4.69) is 0 Å². The zero-order valence-corrected chi connectivity index (χ0v) is 11.9. The summed E-state index contributed by atoms with van der Waals surface area (Å²) in [5.74, 6) is 0.418. The Balaban J connectivity index is 1.95. The second kappa shape index (κ2) is 7.25. The van der Waals surface area contributed by atoms with Gasteiger partial charge in [-0.3, -0.25) is 4.79 Å². The van der Waals surface area contributed by atoms with E-state index in [0.717, 1.165) is 38.5 Å². The molecule has 2 rings (SSSR count). The summed E-state index contributed by atoms with van der Waals surface area (Å²) in [5.41, 5.74) is 5.91. The molecule has 2 fully saturated rings. The van der Waals surface area contributed by atoms with Crippen molar-refractivity contribution in [3.8, 4) is 0 Å². The molecule has 19 heavy (non-hydrogen) atoms. The van der Waals surface area contributed by atoms with Crippen LogP contribution in [0.25, 0.3) is 0 Å². The lowest BCUT2D eigenvalue weighted by molar-refractivity contribution is -0.140. The van der Waals surface area contributed by atoms with Crippen molar-refractivity contribution in [1.82, 2.24) is 4.90 Å². The second-order valence-corrected chi connectivity index (χ2v) is 6.16. The lowest BCUT2D eigenvalue weighted by Gasteiger charge is -2.37. The Kier molecular flexibility index (Phi) is 5.64. The summed E-state index contributed by atoms with van der Waals surface area (Å²) in [6.07, 6.45) is 9.72. The van der Waals surface area contributed by atoms with Crippen LogP contribution in [0.4, 0.5) is 0 Å². The number of nitrogens with zero attached hydrogens (tertiary/aromatic N) is 1. The maximum Gasteiger partial charge on any atom is 0.226 e. The predicted molar refractivity (Wildman–Crippen MR) is 75.6 cm³/mol. The molecule has 2 saturated carbocycles. The molecule has 0 unspecified atom stereocenters. The quantitative estimate of drug-likeness (QED) is 0.815. The zero-order chi connectivity index (χ0) is 13.7. The highest BCUT2D eigenvalue weighted by Gasteiger charge is 2.32. The summed E-state index contributed by atoms with van der Waals surface area (Å²) in [7, 11) is 0. The number of amides is 1. The van der Waals surface area contributed by atoms with Crippen molar-refractivity contribution in [2.45, 2.75) is 69.9 Å². The first-order chi connectivity index (χ1) is 9.22. The number of nitrogens with two attached hydrogens (primary N) is 1. The molecule has 4 heteroatoms. The number of hydrogen-bond donors (Lipinski definition) is 2. The smallest absolute Gasteiger partial charge is 0.226 e. The Labute approximate surface area is 116 Å². The molecule has 0 atom stereocenters. The fraction of sp³-hybridized carbons (Fsp3) is 0.933. The molecular weight excluding hydrogens is 240 g/mol. The number of hydrogen-bond acceptors (Lipinski definition) is 3. The summed E-state index contributed by atoms with van der Waals surface area (Å²) in [4.78, 5) is 14.6. The van der Waals surface area contributed by atoms with Crippen molar-refractivity contribution in [2.75, 3.05) is 13.2 Å². The van der Waals surface area contributed by atoms with E-state index in [1.165, 1.54) is 19.3 Å². The molecule has 4 nitrogen and oxygen atoms in total. The van der Waals surface area contributed by atoms with Crippen LogP contribution in [0.2, 0.25) is 0 Å². The van der Waals surface area contributed by atoms with Crippen molar-refractivity contribution in [3.63, 3.8) is 0 Å². The zero-order valence-electron chi connectivity index (χ0n) is 11.9. The molecule has 1 amide bonds. The van der Waals surface area contributed by atoms with Gasteiger partial charge in [-0.25, -0.2) is 0 Å². The maximum absolute atomic E-state index is 12.7. The molecule has 0 bridgehead atoms. The number of rotatable bonds is 4. The second-order valence-electron chi connectivity index (χ2n) is 6.16. The highest BCUT2D eigenvalue weighted by Crippen LogP contribution is 2.29. The Bertz CT molecular complexity index is 282. The van der Waals surface area contributed by atoms with Crippen LogP contribution >= 0.6 is 0 Å². The SMILES string of the molecule is NC1CCC(C(=O)N(CCO)C2CCCCC2)CC1. The van der Waals surface area contributed by atoms with Gasteiger partial charge in [0, 0.05) is 24.5 Å². The van der Waals surface area contributed by atoms with Gasteiger partial charge in [-0.05, 0) is 38.5 Å². The van der Waals surface area contributed by atoms with Gasteiger partial charge in [0.25, 0.3) is 0 Å². The standard InChI is InChI=1S/C15H28N2O2/c16-13-8-6-12(7-9-13)15(19)17(10-11-18)14-4-2-1-3-5-14/h12-14,18H,1-11,16H2. The van der Waals surface area contributed by atoms with Crippen LogP contribution < -0.4 is 5.73 Å². The van der Waals surface area contributed by atoms with Gasteiger partial charge in [0.1, 0.15) is 0 Å². The molecule has 2 aliphatic rings. The first-order valence-electron chi connectivity index (χ1n) is 7.89. The third kappa shape index (κ3) is 3.93. The molecule has 0 aliphatic heterocycles. The molecule has 0 radical (unpaired) electrons. The van der Waals surface area contributed by atoms with E-state index in [9.17, 15) is 9.90 Å². The minimum absolute atomic E-state index is 0.0779. The van der Waals surface area contributed by atoms with Crippen LogP contribution in [-0.4, -0.2) is 41.1 Å². The van der Waals surface area contributed by atoms with Gasteiger partial charge in [-0.15, -0.1) is 0 Å². The molecule has 0 aromatic rings. The number of aliphatic hydroxyl groups is 1. The van der Waals surface area contributed by atoms with E-state index in [1.807, 2.05) is 4.90 Å². The largest absolute Gasteiger partial charge is 0.395 e. The average Bonchev–Trinajstić information content (AvgIpc) is 2.46. The minimum atomic E-state index is 0.0779. The predicted octanol–water partition coefficient (Wildman–Crippen LogP) is 1.66. The van der Waals surface area contributed by atoms with Gasteiger partial charge in [0.05, 0.1) is 6.61 Å². The van der Waals surface area contributed by atoms with Crippen molar-refractivity contribution in [2.24, 2.45) is 11.7 Å². The van der Waals surface area contributed by atoms with Crippen LogP contribution in [0, 0.1) is 5.92 Å². The normalized spacial score (nSPS) is 29.2. The third-order valence-corrected chi connectivity index (χ3v) is 4.76. The fourth-order valence-corrected chi connectivity index (χ4v) is 3.57. The highest BCUT2D eigenvalue weighted by molar-refractivity contribution is 5.79. The van der Waals surface area contributed by atoms with Gasteiger partial charge in [0.2, 0.25) is 5.91 Å². The van der Waals surface area contributed by atoms with Gasteiger partial charge >= 0.3 is 0 Å². The Morgan fingerprint density at radius 2 is 1.68 bits per heavy atom. The number of carbonyl (C=O) groups excluding carboxylic acids is 1. The van der Waals surface area contributed by atoms with Gasteiger partial charge in [-0.1, -0.05) is 19.3 Å². The lowest BCUT2D eigenvalue weighted by atomic mass is 9.84. The molecular formula is C15H28N2O2. The van der Waals surface area contributed by atoms with Crippen molar-refractivity contribution in [1.29, 1.82) is 0 Å². The highest BCUT2D eigenvalue weighted by atomic mass is 16.3. The average molecular weight is 268 g/mol. The van der Waals surface area contributed by atoms with Crippen LogP contribution in [0.15, 0.2) is 0 Å².